The summed E-state index contributed by atoms with van der Waals surface area (Å²) in [5, 5.41) is 19.4. The van der Waals surface area contributed by atoms with Gasteiger partial charge in [-0.15, -0.1) is 10.2 Å². The number of benzene rings is 1. The van der Waals surface area contributed by atoms with Gasteiger partial charge in [0.05, 0.1) is 10.8 Å². The molecule has 0 bridgehead atoms. The lowest BCUT2D eigenvalue weighted by Gasteiger charge is -2.31. The molecule has 28 heavy (non-hydrogen) atoms. The summed E-state index contributed by atoms with van der Waals surface area (Å²) in [5.41, 5.74) is 0.439. The number of hydrogen-bond donors (Lipinski definition) is 0. The van der Waals surface area contributed by atoms with Crippen LogP contribution in [0, 0.1) is 10.1 Å². The Hall–Kier alpha value is -2.77. The summed E-state index contributed by atoms with van der Waals surface area (Å²) in [4.78, 5) is 24.9. The molecule has 1 saturated carbocycles. The van der Waals surface area contributed by atoms with Crippen molar-refractivity contribution in [3.8, 4) is 0 Å². The minimum Gasteiger partial charge on any atom is -0.425 e. The van der Waals surface area contributed by atoms with Gasteiger partial charge in [0.1, 0.15) is 0 Å². The van der Waals surface area contributed by atoms with Crippen molar-refractivity contribution >= 4 is 11.6 Å². The monoisotopic (exact) mass is 384 g/mol. The second kappa shape index (κ2) is 8.08. The number of amides is 1. The van der Waals surface area contributed by atoms with E-state index in [-0.39, 0.29) is 17.5 Å². The average molecular weight is 384 g/mol. The first-order chi connectivity index (χ1) is 13.6. The van der Waals surface area contributed by atoms with Crippen molar-refractivity contribution in [3.05, 3.63) is 51.7 Å². The molecular formula is C20H24N4O4. The second-order valence-corrected chi connectivity index (χ2v) is 7.71. The van der Waals surface area contributed by atoms with Crippen LogP contribution in [0.15, 0.2) is 28.7 Å². The van der Waals surface area contributed by atoms with Crippen molar-refractivity contribution in [2.24, 2.45) is 0 Å². The Kier molecular flexibility index (Phi) is 5.36. The van der Waals surface area contributed by atoms with Gasteiger partial charge in [-0.2, -0.15) is 0 Å². The molecular weight excluding hydrogens is 360 g/mol. The first-order valence-corrected chi connectivity index (χ1v) is 9.99. The van der Waals surface area contributed by atoms with Crippen LogP contribution in [0.2, 0.25) is 0 Å². The van der Waals surface area contributed by atoms with Gasteiger partial charge in [0, 0.05) is 36.7 Å². The van der Waals surface area contributed by atoms with E-state index >= 15 is 0 Å². The average Bonchev–Trinajstić information content (AvgIpc) is 3.24. The third-order valence-electron chi connectivity index (χ3n) is 5.79. The van der Waals surface area contributed by atoms with Gasteiger partial charge in [0.15, 0.2) is 0 Å². The van der Waals surface area contributed by atoms with E-state index in [1.807, 2.05) is 0 Å². The number of piperidine rings is 1. The largest absolute Gasteiger partial charge is 0.425 e. The number of carbonyl (C=O) groups excluding carboxylic acids is 1. The van der Waals surface area contributed by atoms with Crippen molar-refractivity contribution in [1.82, 2.24) is 15.1 Å². The molecule has 1 amide bonds. The molecule has 2 aromatic rings. The maximum atomic E-state index is 12.8. The smallest absolute Gasteiger partial charge is 0.269 e. The second-order valence-electron chi connectivity index (χ2n) is 7.71. The summed E-state index contributed by atoms with van der Waals surface area (Å²) in [6.45, 7) is 1.19. The molecule has 8 heteroatoms. The van der Waals surface area contributed by atoms with Crippen LogP contribution < -0.4 is 0 Å². The van der Waals surface area contributed by atoms with Gasteiger partial charge in [-0.05, 0) is 37.8 Å². The van der Waals surface area contributed by atoms with E-state index in [9.17, 15) is 14.9 Å². The highest BCUT2D eigenvalue weighted by atomic mass is 16.6. The molecule has 148 valence electrons. The fourth-order valence-electron chi connectivity index (χ4n) is 4.20. The Morgan fingerprint density at radius 3 is 2.32 bits per heavy atom. The SMILES string of the molecule is O=C(c1ccc([N+](=O)[O-])cc1)N1CCCC(c2nnc(C3CCCCC3)o2)C1. The first kappa shape index (κ1) is 18.6. The van der Waals surface area contributed by atoms with Gasteiger partial charge in [0.25, 0.3) is 11.6 Å². The lowest BCUT2D eigenvalue weighted by atomic mass is 9.89. The highest BCUT2D eigenvalue weighted by Gasteiger charge is 2.30. The van der Waals surface area contributed by atoms with E-state index < -0.39 is 4.92 Å². The molecule has 1 saturated heterocycles. The van der Waals surface area contributed by atoms with E-state index in [2.05, 4.69) is 10.2 Å². The third kappa shape index (κ3) is 3.90. The Labute approximate surface area is 163 Å². The minimum absolute atomic E-state index is 0.0193. The zero-order chi connectivity index (χ0) is 19.5. The maximum Gasteiger partial charge on any atom is 0.269 e. The molecule has 1 atom stereocenters. The maximum absolute atomic E-state index is 12.8. The van der Waals surface area contributed by atoms with Gasteiger partial charge in [-0.25, -0.2) is 0 Å². The molecule has 1 aromatic carbocycles. The molecule has 2 fully saturated rings. The van der Waals surface area contributed by atoms with Crippen molar-refractivity contribution < 1.29 is 14.1 Å². The third-order valence-corrected chi connectivity index (χ3v) is 5.79. The number of non-ortho nitro benzene ring substituents is 1. The summed E-state index contributed by atoms with van der Waals surface area (Å²) in [5.74, 6) is 1.67. The number of hydrogen-bond acceptors (Lipinski definition) is 6. The van der Waals surface area contributed by atoms with Crippen molar-refractivity contribution in [2.75, 3.05) is 13.1 Å². The number of rotatable bonds is 4. The molecule has 1 aromatic heterocycles. The summed E-state index contributed by atoms with van der Waals surface area (Å²) >= 11 is 0. The summed E-state index contributed by atoms with van der Waals surface area (Å²) in [6.07, 6.45) is 7.70. The molecule has 0 N–H and O–H groups in total. The van der Waals surface area contributed by atoms with Gasteiger partial charge in [0.2, 0.25) is 11.8 Å². The molecule has 0 radical (unpaired) electrons. The Morgan fingerprint density at radius 2 is 1.64 bits per heavy atom. The normalized spacial score (nSPS) is 20.9. The fourth-order valence-corrected chi connectivity index (χ4v) is 4.20. The minimum atomic E-state index is -0.468. The van der Waals surface area contributed by atoms with Gasteiger partial charge >= 0.3 is 0 Å². The topological polar surface area (TPSA) is 102 Å². The van der Waals surface area contributed by atoms with Crippen LogP contribution in [-0.2, 0) is 0 Å². The highest BCUT2D eigenvalue weighted by Crippen LogP contribution is 2.34. The molecule has 8 nitrogen and oxygen atoms in total. The number of aromatic nitrogens is 2. The van der Waals surface area contributed by atoms with Crippen LogP contribution in [0.25, 0.3) is 0 Å². The van der Waals surface area contributed by atoms with Crippen LogP contribution in [0.4, 0.5) is 5.69 Å². The summed E-state index contributed by atoms with van der Waals surface area (Å²) in [7, 11) is 0. The van der Waals surface area contributed by atoms with Crippen LogP contribution >= 0.6 is 0 Å². The van der Waals surface area contributed by atoms with E-state index in [0.29, 0.717) is 30.5 Å². The fraction of sp³-hybridized carbons (Fsp3) is 0.550. The Balaban J connectivity index is 1.43. The van der Waals surface area contributed by atoms with E-state index in [4.69, 9.17) is 4.42 Å². The number of nitrogens with zero attached hydrogens (tertiary/aromatic N) is 4. The Bertz CT molecular complexity index is 842. The molecule has 4 rings (SSSR count). The molecule has 1 aliphatic carbocycles. The molecule has 1 aliphatic heterocycles. The molecule has 0 spiro atoms. The van der Waals surface area contributed by atoms with E-state index in [1.54, 1.807) is 4.90 Å². The van der Waals surface area contributed by atoms with Gasteiger partial charge < -0.3 is 9.32 Å². The predicted octanol–water partition coefficient (Wildman–Crippen LogP) is 4.05. The van der Waals surface area contributed by atoms with Crippen molar-refractivity contribution in [3.63, 3.8) is 0 Å². The zero-order valence-corrected chi connectivity index (χ0v) is 15.7. The lowest BCUT2D eigenvalue weighted by Crippen LogP contribution is -2.39. The number of nitro benzene ring substituents is 1. The molecule has 2 heterocycles. The Morgan fingerprint density at radius 1 is 1.00 bits per heavy atom. The first-order valence-electron chi connectivity index (χ1n) is 9.99. The van der Waals surface area contributed by atoms with E-state index in [0.717, 1.165) is 31.6 Å². The van der Waals surface area contributed by atoms with Crippen LogP contribution in [0.3, 0.4) is 0 Å². The number of nitro groups is 1. The van der Waals surface area contributed by atoms with E-state index in [1.165, 1.54) is 43.5 Å². The predicted molar refractivity (Wildman–Crippen MR) is 101 cm³/mol. The molecule has 2 aliphatic rings. The van der Waals surface area contributed by atoms with Crippen LogP contribution in [-0.4, -0.2) is 39.0 Å². The lowest BCUT2D eigenvalue weighted by molar-refractivity contribution is -0.384. The van der Waals surface area contributed by atoms with Crippen LogP contribution in [0.5, 0.6) is 0 Å². The van der Waals surface area contributed by atoms with Gasteiger partial charge in [-0.1, -0.05) is 19.3 Å². The number of carbonyl (C=O) groups is 1. The highest BCUT2D eigenvalue weighted by molar-refractivity contribution is 5.94. The number of likely N-dealkylation sites (tertiary alicyclic amines) is 1. The quantitative estimate of drug-likeness (QED) is 0.582. The van der Waals surface area contributed by atoms with Crippen molar-refractivity contribution in [2.45, 2.75) is 56.8 Å². The zero-order valence-electron chi connectivity index (χ0n) is 15.7. The standard InChI is InChI=1S/C20H24N4O4/c25-20(15-8-10-17(11-9-15)24(26)27)23-12-4-7-16(13-23)19-22-21-18(28-19)14-5-2-1-3-6-14/h8-11,14,16H,1-7,12-13H2. The summed E-state index contributed by atoms with van der Waals surface area (Å²) < 4.78 is 6.00. The van der Waals surface area contributed by atoms with Crippen molar-refractivity contribution in [1.29, 1.82) is 0 Å². The molecule has 1 unspecified atom stereocenters. The van der Waals surface area contributed by atoms with Crippen LogP contribution in [0.1, 0.15) is 78.9 Å². The summed E-state index contributed by atoms with van der Waals surface area (Å²) in [6, 6.07) is 5.75. The van der Waals surface area contributed by atoms with Gasteiger partial charge in [-0.3, -0.25) is 14.9 Å².